The molecule has 0 heterocycles. The summed E-state index contributed by atoms with van der Waals surface area (Å²) >= 11 is 0. The van der Waals surface area contributed by atoms with Crippen molar-refractivity contribution < 1.29 is 19.1 Å². The van der Waals surface area contributed by atoms with E-state index in [-0.39, 0.29) is 12.3 Å². The molecule has 7 heteroatoms. The second-order valence-electron chi connectivity index (χ2n) is 6.91. The summed E-state index contributed by atoms with van der Waals surface area (Å²) in [5.74, 6) is -1.48. The average molecular weight is 427 g/mol. The van der Waals surface area contributed by atoms with E-state index in [0.717, 1.165) is 5.56 Å². The normalized spacial score (nSPS) is 11.0. The van der Waals surface area contributed by atoms with Crippen molar-refractivity contribution in [2.45, 2.75) is 12.5 Å². The summed E-state index contributed by atoms with van der Waals surface area (Å²) < 4.78 is 5.10. The third-order valence-corrected chi connectivity index (χ3v) is 4.55. The summed E-state index contributed by atoms with van der Waals surface area (Å²) in [6.45, 7) is -0.482. The Morgan fingerprint density at radius 2 is 1.59 bits per heavy atom. The molecule has 3 aromatic carbocycles. The number of nitriles is 1. The molecule has 0 radical (unpaired) electrons. The lowest BCUT2D eigenvalue weighted by molar-refractivity contribution is -0.147. The summed E-state index contributed by atoms with van der Waals surface area (Å²) in [4.78, 5) is 37.1. The third-order valence-electron chi connectivity index (χ3n) is 4.55. The summed E-state index contributed by atoms with van der Waals surface area (Å²) in [6.07, 6.45) is -0.139. The van der Waals surface area contributed by atoms with Crippen LogP contribution in [0.3, 0.4) is 0 Å². The number of amides is 2. The van der Waals surface area contributed by atoms with Crippen molar-refractivity contribution in [2.24, 2.45) is 0 Å². The Morgan fingerprint density at radius 3 is 2.28 bits per heavy atom. The van der Waals surface area contributed by atoms with Crippen LogP contribution >= 0.6 is 0 Å². The Kier molecular flexibility index (Phi) is 7.71. The number of rotatable bonds is 8. The van der Waals surface area contributed by atoms with E-state index in [0.29, 0.717) is 16.8 Å². The summed E-state index contributed by atoms with van der Waals surface area (Å²) in [5, 5.41) is 14.3. The molecular formula is C25H21N3O4. The van der Waals surface area contributed by atoms with E-state index in [1.54, 1.807) is 54.6 Å². The van der Waals surface area contributed by atoms with Gasteiger partial charge in [0.1, 0.15) is 0 Å². The highest BCUT2D eigenvalue weighted by molar-refractivity contribution is 5.95. The first kappa shape index (κ1) is 22.2. The maximum atomic E-state index is 12.6. The fourth-order valence-corrected chi connectivity index (χ4v) is 3.00. The summed E-state index contributed by atoms with van der Waals surface area (Å²) in [7, 11) is 0. The average Bonchev–Trinajstić information content (AvgIpc) is 2.83. The molecule has 0 saturated carbocycles. The Labute approximate surface area is 185 Å². The minimum Gasteiger partial charge on any atom is -0.455 e. The molecule has 1 unspecified atom stereocenters. The van der Waals surface area contributed by atoms with Gasteiger partial charge in [-0.2, -0.15) is 5.26 Å². The van der Waals surface area contributed by atoms with Crippen LogP contribution in [-0.2, 0) is 14.3 Å². The Morgan fingerprint density at radius 1 is 0.906 bits per heavy atom. The van der Waals surface area contributed by atoms with Crippen molar-refractivity contribution in [1.82, 2.24) is 5.32 Å². The van der Waals surface area contributed by atoms with Gasteiger partial charge in [0.25, 0.3) is 11.8 Å². The second-order valence-corrected chi connectivity index (χ2v) is 6.91. The van der Waals surface area contributed by atoms with Crippen LogP contribution in [0, 0.1) is 11.3 Å². The van der Waals surface area contributed by atoms with Crippen LogP contribution in [0.1, 0.15) is 33.9 Å². The summed E-state index contributed by atoms with van der Waals surface area (Å²) in [5.41, 5.74) is 2.05. The third kappa shape index (κ3) is 6.54. The fraction of sp³-hybridized carbons (Fsp3) is 0.120. The van der Waals surface area contributed by atoms with Gasteiger partial charge in [-0.3, -0.25) is 14.4 Å². The van der Waals surface area contributed by atoms with Gasteiger partial charge in [0, 0.05) is 11.3 Å². The fourth-order valence-electron chi connectivity index (χ4n) is 3.00. The predicted molar refractivity (Wildman–Crippen MR) is 118 cm³/mol. The molecule has 2 amide bonds. The monoisotopic (exact) mass is 427 g/mol. The number of nitrogens with zero attached hydrogens (tertiary/aromatic N) is 1. The Balaban J connectivity index is 1.59. The lowest BCUT2D eigenvalue weighted by Crippen LogP contribution is -2.31. The van der Waals surface area contributed by atoms with E-state index in [4.69, 9.17) is 10.00 Å². The molecule has 0 spiro atoms. The minimum atomic E-state index is -0.631. The highest BCUT2D eigenvalue weighted by Crippen LogP contribution is 2.18. The Bertz CT molecular complexity index is 1120. The first-order valence-corrected chi connectivity index (χ1v) is 9.91. The van der Waals surface area contributed by atoms with Crippen LogP contribution < -0.4 is 10.6 Å². The molecule has 0 aliphatic heterocycles. The first-order chi connectivity index (χ1) is 15.5. The standard InChI is InChI=1S/C25H21N3O4/c26-16-18-8-7-13-21(14-18)27-23(29)17-32-24(30)15-22(19-9-3-1-4-10-19)28-25(31)20-11-5-2-6-12-20/h1-14,22H,15,17H2,(H,27,29)(H,28,31). The van der Waals surface area contributed by atoms with E-state index >= 15 is 0 Å². The number of benzene rings is 3. The highest BCUT2D eigenvalue weighted by atomic mass is 16.5. The van der Waals surface area contributed by atoms with Gasteiger partial charge in [-0.05, 0) is 35.9 Å². The quantitative estimate of drug-likeness (QED) is 0.534. The van der Waals surface area contributed by atoms with E-state index in [1.165, 1.54) is 6.07 Å². The number of esters is 1. The van der Waals surface area contributed by atoms with Crippen molar-refractivity contribution >= 4 is 23.5 Å². The maximum Gasteiger partial charge on any atom is 0.308 e. The van der Waals surface area contributed by atoms with Gasteiger partial charge < -0.3 is 15.4 Å². The number of hydrogen-bond donors (Lipinski definition) is 2. The molecule has 1 atom stereocenters. The van der Waals surface area contributed by atoms with E-state index in [9.17, 15) is 14.4 Å². The van der Waals surface area contributed by atoms with Crippen LogP contribution in [-0.4, -0.2) is 24.4 Å². The lowest BCUT2D eigenvalue weighted by atomic mass is 10.0. The van der Waals surface area contributed by atoms with Gasteiger partial charge in [0.15, 0.2) is 6.61 Å². The number of carbonyl (C=O) groups is 3. The molecule has 0 aliphatic rings. The molecule has 7 nitrogen and oxygen atoms in total. The molecule has 0 aromatic heterocycles. The predicted octanol–water partition coefficient (Wildman–Crippen LogP) is 3.60. The number of ether oxygens (including phenoxy) is 1. The second kappa shape index (κ2) is 11.1. The van der Waals surface area contributed by atoms with Crippen LogP contribution in [0.25, 0.3) is 0 Å². The number of hydrogen-bond acceptors (Lipinski definition) is 5. The molecule has 2 N–H and O–H groups in total. The van der Waals surface area contributed by atoms with Gasteiger partial charge in [-0.25, -0.2) is 0 Å². The molecule has 3 aromatic rings. The molecule has 0 bridgehead atoms. The van der Waals surface area contributed by atoms with Crippen LogP contribution in [0.2, 0.25) is 0 Å². The van der Waals surface area contributed by atoms with E-state index < -0.39 is 24.5 Å². The topological polar surface area (TPSA) is 108 Å². The molecule has 32 heavy (non-hydrogen) atoms. The van der Waals surface area contributed by atoms with Gasteiger partial charge in [0.05, 0.1) is 24.1 Å². The van der Waals surface area contributed by atoms with Gasteiger partial charge in [-0.15, -0.1) is 0 Å². The lowest BCUT2D eigenvalue weighted by Gasteiger charge is -2.19. The van der Waals surface area contributed by atoms with Gasteiger partial charge in [0.2, 0.25) is 0 Å². The molecule has 0 fully saturated rings. The van der Waals surface area contributed by atoms with Crippen LogP contribution in [0.4, 0.5) is 5.69 Å². The Hall–Kier alpha value is -4.44. The molecule has 160 valence electrons. The SMILES string of the molecule is N#Cc1cccc(NC(=O)COC(=O)CC(NC(=O)c2ccccc2)c2ccccc2)c1. The smallest absolute Gasteiger partial charge is 0.308 e. The minimum absolute atomic E-state index is 0.139. The first-order valence-electron chi connectivity index (χ1n) is 9.91. The zero-order valence-corrected chi connectivity index (χ0v) is 17.2. The zero-order chi connectivity index (χ0) is 22.8. The van der Waals surface area contributed by atoms with E-state index in [1.807, 2.05) is 30.3 Å². The number of anilines is 1. The summed E-state index contributed by atoms with van der Waals surface area (Å²) in [6, 6.07) is 25.5. The van der Waals surface area contributed by atoms with Crippen molar-refractivity contribution in [3.8, 4) is 6.07 Å². The van der Waals surface area contributed by atoms with Crippen LogP contribution in [0.15, 0.2) is 84.9 Å². The van der Waals surface area contributed by atoms with Gasteiger partial charge in [-0.1, -0.05) is 54.6 Å². The highest BCUT2D eigenvalue weighted by Gasteiger charge is 2.20. The molecular weight excluding hydrogens is 406 g/mol. The van der Waals surface area contributed by atoms with Crippen LogP contribution in [0.5, 0.6) is 0 Å². The number of carbonyl (C=O) groups excluding carboxylic acids is 3. The number of nitrogens with one attached hydrogen (secondary N) is 2. The van der Waals surface area contributed by atoms with Crippen molar-refractivity contribution in [2.75, 3.05) is 11.9 Å². The van der Waals surface area contributed by atoms with Crippen molar-refractivity contribution in [1.29, 1.82) is 5.26 Å². The maximum absolute atomic E-state index is 12.6. The zero-order valence-electron chi connectivity index (χ0n) is 17.2. The largest absolute Gasteiger partial charge is 0.455 e. The molecule has 3 rings (SSSR count). The molecule has 0 aliphatic carbocycles. The van der Waals surface area contributed by atoms with Crippen molar-refractivity contribution in [3.05, 3.63) is 102 Å². The van der Waals surface area contributed by atoms with E-state index in [2.05, 4.69) is 10.6 Å². The van der Waals surface area contributed by atoms with Gasteiger partial charge >= 0.3 is 5.97 Å². The molecule has 0 saturated heterocycles. The van der Waals surface area contributed by atoms with Crippen molar-refractivity contribution in [3.63, 3.8) is 0 Å².